The van der Waals surface area contributed by atoms with Crippen molar-refractivity contribution in [3.63, 3.8) is 0 Å². The number of aromatic nitrogens is 2. The van der Waals surface area contributed by atoms with Gasteiger partial charge in [0.15, 0.2) is 0 Å². The molecule has 0 radical (unpaired) electrons. The van der Waals surface area contributed by atoms with E-state index in [1.807, 2.05) is 29.9 Å². The lowest BCUT2D eigenvalue weighted by molar-refractivity contribution is -0.142. The first-order chi connectivity index (χ1) is 13.6. The van der Waals surface area contributed by atoms with Gasteiger partial charge in [0.1, 0.15) is 11.6 Å². The van der Waals surface area contributed by atoms with Crippen LogP contribution in [0.1, 0.15) is 4.88 Å². The van der Waals surface area contributed by atoms with Gasteiger partial charge in [0.05, 0.1) is 23.5 Å². The summed E-state index contributed by atoms with van der Waals surface area (Å²) >= 11 is 4.76. The molecule has 0 aliphatic rings. The van der Waals surface area contributed by atoms with E-state index in [0.717, 1.165) is 37.1 Å². The number of fused-ring (bicyclic) bond motifs is 1. The quantitative estimate of drug-likeness (QED) is 0.378. The number of hydrogen-bond acceptors (Lipinski definition) is 7. The molecule has 3 aromatic heterocycles. The fraction of sp³-hybridized carbons (Fsp3) is 0.158. The normalized spacial score (nSPS) is 11.2. The number of carbonyl (C=O) groups is 1. The van der Waals surface area contributed by atoms with Crippen LogP contribution in [0.5, 0.6) is 0 Å². The number of hydrogen-bond donors (Lipinski definition) is 2. The van der Waals surface area contributed by atoms with Crippen molar-refractivity contribution in [3.8, 4) is 10.7 Å². The number of H-pyrrole nitrogens is 1. The molecule has 9 heteroatoms. The molecule has 0 atom stereocenters. The van der Waals surface area contributed by atoms with Crippen LogP contribution in [-0.2, 0) is 16.1 Å². The van der Waals surface area contributed by atoms with Crippen LogP contribution in [0, 0.1) is 0 Å². The monoisotopic (exact) mass is 431 g/mol. The Morgan fingerprint density at radius 2 is 2.21 bits per heavy atom. The molecule has 0 spiro atoms. The first kappa shape index (κ1) is 19.0. The molecule has 0 saturated carbocycles. The molecule has 144 valence electrons. The summed E-state index contributed by atoms with van der Waals surface area (Å²) < 4.78 is 7.35. The molecule has 0 saturated heterocycles. The second kappa shape index (κ2) is 8.36. The number of nitrogens with one attached hydrogen (secondary N) is 1. The first-order valence-corrected chi connectivity index (χ1v) is 10.9. The minimum atomic E-state index is -0.961. The minimum Gasteiger partial charge on any atom is -0.480 e. The predicted octanol–water partition coefficient (Wildman–Crippen LogP) is 5.10. The number of nitrogens with zero attached hydrogens (tertiary/aromatic N) is 2. The van der Waals surface area contributed by atoms with Gasteiger partial charge in [-0.2, -0.15) is 0 Å². The highest BCUT2D eigenvalue weighted by Crippen LogP contribution is 2.37. The van der Waals surface area contributed by atoms with E-state index in [1.165, 1.54) is 0 Å². The van der Waals surface area contributed by atoms with E-state index in [2.05, 4.69) is 32.5 Å². The molecule has 0 unspecified atom stereocenters. The van der Waals surface area contributed by atoms with Crippen molar-refractivity contribution < 1.29 is 14.6 Å². The second-order valence-electron chi connectivity index (χ2n) is 5.94. The van der Waals surface area contributed by atoms with Gasteiger partial charge in [-0.3, -0.25) is 0 Å². The van der Waals surface area contributed by atoms with E-state index in [4.69, 9.17) is 9.84 Å². The zero-order valence-electron chi connectivity index (χ0n) is 14.9. The van der Waals surface area contributed by atoms with E-state index in [-0.39, 0.29) is 6.61 Å². The number of carboxylic acids is 1. The van der Waals surface area contributed by atoms with Crippen molar-refractivity contribution in [1.29, 1.82) is 0 Å². The Balaban J connectivity index is 1.56. The molecule has 0 aliphatic carbocycles. The fourth-order valence-electron chi connectivity index (χ4n) is 2.82. The molecule has 0 aliphatic heterocycles. The molecular weight excluding hydrogens is 414 g/mol. The Hall–Kier alpha value is -2.33. The average Bonchev–Trinajstić information content (AvgIpc) is 3.41. The van der Waals surface area contributed by atoms with E-state index in [0.29, 0.717) is 6.61 Å². The highest BCUT2D eigenvalue weighted by Gasteiger charge is 2.14. The SMILES string of the molecule is CN(Sc1ccsc1COCC(=O)O)c1cccc2cc(-c3nccs3)[nH]c12. The summed E-state index contributed by atoms with van der Waals surface area (Å²) in [6, 6.07) is 10.3. The Kier molecular flexibility index (Phi) is 5.67. The molecule has 28 heavy (non-hydrogen) atoms. The van der Waals surface area contributed by atoms with Gasteiger partial charge in [-0.15, -0.1) is 22.7 Å². The van der Waals surface area contributed by atoms with Gasteiger partial charge < -0.3 is 19.1 Å². The zero-order chi connectivity index (χ0) is 19.5. The molecule has 0 amide bonds. The summed E-state index contributed by atoms with van der Waals surface area (Å²) in [4.78, 5) is 20.6. The van der Waals surface area contributed by atoms with Crippen LogP contribution in [-0.4, -0.2) is 34.7 Å². The average molecular weight is 432 g/mol. The molecule has 0 bridgehead atoms. The summed E-state index contributed by atoms with van der Waals surface area (Å²) in [5.41, 5.74) is 3.13. The van der Waals surface area contributed by atoms with Crippen molar-refractivity contribution in [3.05, 3.63) is 52.2 Å². The summed E-state index contributed by atoms with van der Waals surface area (Å²) in [5, 5.41) is 14.8. The standard InChI is InChI=1S/C19H17N3O3S3/c1-22(28-15-5-7-26-16(15)10-25-11-17(23)24)14-4-2-3-12-9-13(21-18(12)14)19-20-6-8-27-19/h2-9,21H,10-11H2,1H3,(H,23,24). The molecule has 6 nitrogen and oxygen atoms in total. The van der Waals surface area contributed by atoms with Gasteiger partial charge in [0, 0.05) is 33.8 Å². The number of thiazole rings is 1. The summed E-state index contributed by atoms with van der Waals surface area (Å²) in [6.07, 6.45) is 1.80. The van der Waals surface area contributed by atoms with Gasteiger partial charge in [0.2, 0.25) is 0 Å². The molecule has 2 N–H and O–H groups in total. The first-order valence-electron chi connectivity index (χ1n) is 8.41. The number of aliphatic carboxylic acids is 1. The van der Waals surface area contributed by atoms with Crippen molar-refractivity contribution in [1.82, 2.24) is 9.97 Å². The number of anilines is 1. The van der Waals surface area contributed by atoms with Crippen LogP contribution in [0.15, 0.2) is 52.2 Å². The van der Waals surface area contributed by atoms with Gasteiger partial charge in [-0.25, -0.2) is 9.78 Å². The highest BCUT2D eigenvalue weighted by molar-refractivity contribution is 8.00. The van der Waals surface area contributed by atoms with Crippen molar-refractivity contribution in [2.24, 2.45) is 0 Å². The Morgan fingerprint density at radius 1 is 1.32 bits per heavy atom. The van der Waals surface area contributed by atoms with Crippen LogP contribution in [0.25, 0.3) is 21.6 Å². The Morgan fingerprint density at radius 3 is 3.00 bits per heavy atom. The molecule has 4 rings (SSSR count). The largest absolute Gasteiger partial charge is 0.480 e. The van der Waals surface area contributed by atoms with Crippen LogP contribution in [0.4, 0.5) is 5.69 Å². The number of ether oxygens (including phenoxy) is 1. The maximum Gasteiger partial charge on any atom is 0.329 e. The number of carboxylic acid groups (broad SMARTS) is 1. The molecule has 0 fully saturated rings. The second-order valence-corrected chi connectivity index (χ2v) is 9.01. The summed E-state index contributed by atoms with van der Waals surface area (Å²) in [6.45, 7) is 0.000197. The number of rotatable bonds is 8. The maximum absolute atomic E-state index is 10.6. The third-order valence-corrected chi connectivity index (χ3v) is 6.91. The fourth-order valence-corrected chi connectivity index (χ4v) is 5.31. The van der Waals surface area contributed by atoms with E-state index in [1.54, 1.807) is 40.8 Å². The van der Waals surface area contributed by atoms with E-state index >= 15 is 0 Å². The molecule has 4 aromatic rings. The smallest absolute Gasteiger partial charge is 0.329 e. The molecule has 1 aromatic carbocycles. The van der Waals surface area contributed by atoms with Crippen molar-refractivity contribution in [2.45, 2.75) is 11.5 Å². The van der Waals surface area contributed by atoms with Crippen LogP contribution >= 0.6 is 34.6 Å². The molecule has 3 heterocycles. The van der Waals surface area contributed by atoms with Crippen LogP contribution in [0.2, 0.25) is 0 Å². The van der Waals surface area contributed by atoms with Crippen LogP contribution in [0.3, 0.4) is 0 Å². The van der Waals surface area contributed by atoms with Gasteiger partial charge >= 0.3 is 5.97 Å². The van der Waals surface area contributed by atoms with E-state index in [9.17, 15) is 4.79 Å². The number of benzene rings is 1. The van der Waals surface area contributed by atoms with Gasteiger partial charge in [-0.05, 0) is 35.5 Å². The lowest BCUT2D eigenvalue weighted by Gasteiger charge is -2.19. The predicted molar refractivity (Wildman–Crippen MR) is 115 cm³/mol. The zero-order valence-corrected chi connectivity index (χ0v) is 17.4. The minimum absolute atomic E-state index is 0.292. The van der Waals surface area contributed by atoms with Crippen molar-refractivity contribution >= 4 is 57.2 Å². The van der Waals surface area contributed by atoms with Crippen LogP contribution < -0.4 is 4.31 Å². The maximum atomic E-state index is 10.6. The summed E-state index contributed by atoms with van der Waals surface area (Å²) in [5.74, 6) is -0.961. The highest BCUT2D eigenvalue weighted by atomic mass is 32.2. The third-order valence-electron chi connectivity index (χ3n) is 4.03. The van der Waals surface area contributed by atoms with Gasteiger partial charge in [0.25, 0.3) is 0 Å². The Bertz CT molecular complexity index is 1090. The topological polar surface area (TPSA) is 78.4 Å². The van der Waals surface area contributed by atoms with E-state index < -0.39 is 5.97 Å². The van der Waals surface area contributed by atoms with Gasteiger partial charge in [-0.1, -0.05) is 12.1 Å². The van der Waals surface area contributed by atoms with Crippen molar-refractivity contribution in [2.75, 3.05) is 18.0 Å². The number of thiophene rings is 1. The Labute approximate surface area is 173 Å². The third kappa shape index (κ3) is 4.07. The number of para-hydroxylation sites is 1. The lowest BCUT2D eigenvalue weighted by atomic mass is 10.2. The lowest BCUT2D eigenvalue weighted by Crippen LogP contribution is -2.08. The number of aromatic amines is 1. The molecular formula is C19H17N3O3S3. The summed E-state index contributed by atoms with van der Waals surface area (Å²) in [7, 11) is 2.02.